The van der Waals surface area contributed by atoms with Crippen molar-refractivity contribution in [1.82, 2.24) is 5.32 Å². The summed E-state index contributed by atoms with van der Waals surface area (Å²) in [5.74, 6) is -3.42. The standard InChI is InChI=1S/C17H14F5NO2/c1-10-2-4-11(5-3-10)16(17(20,21)22)23-15(24)9-25-14-7-6-12(18)8-13(14)19/h2-8,16H,9H2,1H3,(H,23,24)/t16-/m1/s1. The lowest BCUT2D eigenvalue weighted by Gasteiger charge is -2.22. The molecule has 0 saturated heterocycles. The fourth-order valence-electron chi connectivity index (χ4n) is 2.05. The van der Waals surface area contributed by atoms with Gasteiger partial charge in [-0.2, -0.15) is 13.2 Å². The second kappa shape index (κ2) is 7.50. The third-order valence-electron chi connectivity index (χ3n) is 3.30. The minimum atomic E-state index is -4.72. The molecule has 0 aromatic heterocycles. The molecule has 2 aromatic rings. The van der Waals surface area contributed by atoms with Crippen LogP contribution in [-0.2, 0) is 4.79 Å². The summed E-state index contributed by atoms with van der Waals surface area (Å²) < 4.78 is 70.5. The van der Waals surface area contributed by atoms with Gasteiger partial charge in [-0.05, 0) is 24.6 Å². The van der Waals surface area contributed by atoms with Crippen LogP contribution in [-0.4, -0.2) is 18.7 Å². The zero-order chi connectivity index (χ0) is 18.6. The number of rotatable bonds is 5. The van der Waals surface area contributed by atoms with Gasteiger partial charge in [0.25, 0.3) is 5.91 Å². The van der Waals surface area contributed by atoms with Gasteiger partial charge in [0.05, 0.1) is 0 Å². The minimum Gasteiger partial charge on any atom is -0.481 e. The van der Waals surface area contributed by atoms with Crippen molar-refractivity contribution in [1.29, 1.82) is 0 Å². The number of carbonyl (C=O) groups excluding carboxylic acids is 1. The first-order valence-electron chi connectivity index (χ1n) is 7.17. The monoisotopic (exact) mass is 359 g/mol. The molecule has 0 fully saturated rings. The van der Waals surface area contributed by atoms with Crippen molar-refractivity contribution in [3.8, 4) is 5.75 Å². The number of hydrogen-bond acceptors (Lipinski definition) is 2. The second-order valence-corrected chi connectivity index (χ2v) is 5.32. The quantitative estimate of drug-likeness (QED) is 0.818. The molecule has 8 heteroatoms. The molecule has 0 radical (unpaired) electrons. The van der Waals surface area contributed by atoms with Gasteiger partial charge in [-0.3, -0.25) is 4.79 Å². The molecule has 1 amide bonds. The van der Waals surface area contributed by atoms with E-state index < -0.39 is 42.1 Å². The van der Waals surface area contributed by atoms with E-state index in [0.29, 0.717) is 6.07 Å². The van der Waals surface area contributed by atoms with Crippen LogP contribution in [0.25, 0.3) is 0 Å². The van der Waals surface area contributed by atoms with Crippen LogP contribution in [0.5, 0.6) is 5.75 Å². The number of alkyl halides is 3. The fraction of sp³-hybridized carbons (Fsp3) is 0.235. The van der Waals surface area contributed by atoms with E-state index in [0.717, 1.165) is 17.7 Å². The topological polar surface area (TPSA) is 38.3 Å². The van der Waals surface area contributed by atoms with Gasteiger partial charge in [0, 0.05) is 6.07 Å². The molecule has 134 valence electrons. The zero-order valence-electron chi connectivity index (χ0n) is 13.0. The number of aryl methyl sites for hydroxylation is 1. The smallest absolute Gasteiger partial charge is 0.412 e. The summed E-state index contributed by atoms with van der Waals surface area (Å²) in [6.45, 7) is 0.872. The molecule has 0 aliphatic heterocycles. The van der Waals surface area contributed by atoms with Crippen molar-refractivity contribution in [3.05, 3.63) is 65.2 Å². The molecule has 25 heavy (non-hydrogen) atoms. The number of amides is 1. The molecule has 2 aromatic carbocycles. The maximum absolute atomic E-state index is 13.4. The maximum Gasteiger partial charge on any atom is 0.412 e. The average Bonchev–Trinajstić information content (AvgIpc) is 2.52. The SMILES string of the molecule is Cc1ccc([C@@H](NC(=O)COc2ccc(F)cc2F)C(F)(F)F)cc1. The first-order chi connectivity index (χ1) is 11.7. The predicted octanol–water partition coefficient (Wildman–Crippen LogP) is 4.07. The van der Waals surface area contributed by atoms with E-state index in [1.165, 1.54) is 24.3 Å². The average molecular weight is 359 g/mol. The van der Waals surface area contributed by atoms with Crippen molar-refractivity contribution >= 4 is 5.91 Å². The third-order valence-corrected chi connectivity index (χ3v) is 3.30. The Bertz CT molecular complexity index is 744. The lowest BCUT2D eigenvalue weighted by Crippen LogP contribution is -2.40. The van der Waals surface area contributed by atoms with Gasteiger partial charge in [0.2, 0.25) is 0 Å². The maximum atomic E-state index is 13.4. The van der Waals surface area contributed by atoms with E-state index >= 15 is 0 Å². The van der Waals surface area contributed by atoms with E-state index in [-0.39, 0.29) is 5.56 Å². The first kappa shape index (κ1) is 18.7. The highest BCUT2D eigenvalue weighted by Gasteiger charge is 2.41. The van der Waals surface area contributed by atoms with E-state index in [1.54, 1.807) is 6.92 Å². The summed E-state index contributed by atoms with van der Waals surface area (Å²) in [6, 6.07) is 5.66. The molecule has 1 atom stereocenters. The molecule has 0 aliphatic carbocycles. The van der Waals surface area contributed by atoms with Gasteiger partial charge in [-0.15, -0.1) is 0 Å². The van der Waals surface area contributed by atoms with Crippen LogP contribution in [0.4, 0.5) is 22.0 Å². The lowest BCUT2D eigenvalue weighted by molar-refractivity contribution is -0.164. The van der Waals surface area contributed by atoms with Crippen molar-refractivity contribution in [2.24, 2.45) is 0 Å². The Balaban J connectivity index is 2.05. The van der Waals surface area contributed by atoms with E-state index in [1.807, 2.05) is 5.32 Å². The molecule has 0 spiro atoms. The zero-order valence-corrected chi connectivity index (χ0v) is 13.0. The van der Waals surface area contributed by atoms with Crippen LogP contribution in [0.15, 0.2) is 42.5 Å². The van der Waals surface area contributed by atoms with Crippen LogP contribution in [0.2, 0.25) is 0 Å². The molecule has 2 rings (SSSR count). The summed E-state index contributed by atoms with van der Waals surface area (Å²) in [7, 11) is 0. The summed E-state index contributed by atoms with van der Waals surface area (Å²) >= 11 is 0. The number of benzene rings is 2. The fourth-order valence-corrected chi connectivity index (χ4v) is 2.05. The molecule has 0 saturated carbocycles. The summed E-state index contributed by atoms with van der Waals surface area (Å²) in [5.41, 5.74) is 0.630. The Morgan fingerprint density at radius 2 is 1.76 bits per heavy atom. The van der Waals surface area contributed by atoms with Crippen molar-refractivity contribution < 1.29 is 31.5 Å². The van der Waals surface area contributed by atoms with Crippen LogP contribution in [0.3, 0.4) is 0 Å². The summed E-state index contributed by atoms with van der Waals surface area (Å²) in [5, 5.41) is 1.81. The molecular weight excluding hydrogens is 345 g/mol. The normalized spacial score (nSPS) is 12.6. The van der Waals surface area contributed by atoms with Gasteiger partial charge >= 0.3 is 6.18 Å². The molecule has 1 N–H and O–H groups in total. The Kier molecular flexibility index (Phi) is 5.61. The van der Waals surface area contributed by atoms with E-state index in [2.05, 4.69) is 0 Å². The highest BCUT2D eigenvalue weighted by molar-refractivity contribution is 5.78. The Labute approximate surface area is 140 Å². The second-order valence-electron chi connectivity index (χ2n) is 5.32. The first-order valence-corrected chi connectivity index (χ1v) is 7.17. The van der Waals surface area contributed by atoms with Crippen LogP contribution < -0.4 is 10.1 Å². The molecule has 3 nitrogen and oxygen atoms in total. The van der Waals surface area contributed by atoms with Gasteiger partial charge in [-0.1, -0.05) is 29.8 Å². The molecular formula is C17H14F5NO2. The highest BCUT2D eigenvalue weighted by atomic mass is 19.4. The number of nitrogens with one attached hydrogen (secondary N) is 1. The van der Waals surface area contributed by atoms with Gasteiger partial charge in [0.15, 0.2) is 24.2 Å². The summed E-state index contributed by atoms with van der Waals surface area (Å²) in [6.07, 6.45) is -4.72. The van der Waals surface area contributed by atoms with Crippen molar-refractivity contribution in [2.45, 2.75) is 19.1 Å². The summed E-state index contributed by atoms with van der Waals surface area (Å²) in [4.78, 5) is 11.8. The van der Waals surface area contributed by atoms with E-state index in [9.17, 15) is 26.7 Å². The van der Waals surface area contributed by atoms with Crippen LogP contribution in [0, 0.1) is 18.6 Å². The van der Waals surface area contributed by atoms with Crippen molar-refractivity contribution in [2.75, 3.05) is 6.61 Å². The Hall–Kier alpha value is -2.64. The largest absolute Gasteiger partial charge is 0.481 e. The number of halogens is 5. The minimum absolute atomic E-state index is 0.139. The van der Waals surface area contributed by atoms with Crippen LogP contribution >= 0.6 is 0 Å². The lowest BCUT2D eigenvalue weighted by atomic mass is 10.0. The predicted molar refractivity (Wildman–Crippen MR) is 80.0 cm³/mol. The highest BCUT2D eigenvalue weighted by Crippen LogP contribution is 2.32. The van der Waals surface area contributed by atoms with Gasteiger partial charge in [0.1, 0.15) is 5.82 Å². The Morgan fingerprint density at radius 1 is 1.12 bits per heavy atom. The molecule has 0 aliphatic rings. The van der Waals surface area contributed by atoms with Gasteiger partial charge in [-0.25, -0.2) is 8.78 Å². The Morgan fingerprint density at radius 3 is 2.32 bits per heavy atom. The molecule has 0 unspecified atom stereocenters. The number of hydrogen-bond donors (Lipinski definition) is 1. The van der Waals surface area contributed by atoms with Gasteiger partial charge < -0.3 is 10.1 Å². The molecule has 0 bridgehead atoms. The molecule has 0 heterocycles. The van der Waals surface area contributed by atoms with E-state index in [4.69, 9.17) is 4.74 Å². The van der Waals surface area contributed by atoms with Crippen molar-refractivity contribution in [3.63, 3.8) is 0 Å². The number of carbonyl (C=O) groups is 1. The number of ether oxygens (including phenoxy) is 1. The third kappa shape index (κ3) is 5.17. The van der Waals surface area contributed by atoms with Crippen LogP contribution in [0.1, 0.15) is 17.2 Å².